The van der Waals surface area contributed by atoms with E-state index < -0.39 is 0 Å². The van der Waals surface area contributed by atoms with Gasteiger partial charge in [-0.3, -0.25) is 4.98 Å². The Balaban J connectivity index is 0.00000210. The van der Waals surface area contributed by atoms with E-state index in [1.165, 1.54) is 27.8 Å². The summed E-state index contributed by atoms with van der Waals surface area (Å²) in [6.07, 6.45) is 1.92. The molecule has 0 saturated heterocycles. The van der Waals surface area contributed by atoms with Crippen LogP contribution in [0.5, 0.6) is 0 Å². The van der Waals surface area contributed by atoms with E-state index >= 15 is 0 Å². The maximum Gasteiger partial charge on any atom is 0.0568 e. The van der Waals surface area contributed by atoms with Gasteiger partial charge in [0, 0.05) is 31.9 Å². The molecule has 1 N–H and O–H groups in total. The summed E-state index contributed by atoms with van der Waals surface area (Å²) in [6, 6.07) is 24.4. The summed E-state index contributed by atoms with van der Waals surface area (Å²) in [4.78, 5) is 8.18. The molecule has 0 fully saturated rings. The minimum Gasteiger partial charge on any atom is -0.378 e. The minimum atomic E-state index is 0. The number of imidazole rings is 1. The summed E-state index contributed by atoms with van der Waals surface area (Å²) >= 11 is 0. The Bertz CT molecular complexity index is 1060. The topological polar surface area (TPSA) is 28.7 Å². The number of H-pyrrole nitrogens is 1. The Morgan fingerprint density at radius 3 is 2.37 bits per heavy atom. The molecule has 1 radical (unpaired) electrons. The Morgan fingerprint density at radius 1 is 0.889 bits per heavy atom. The molecular weight excluding hydrogens is 508 g/mol. The van der Waals surface area contributed by atoms with Gasteiger partial charge in [0.25, 0.3) is 0 Å². The number of nitrogens with one attached hydrogen (secondary N) is 1. The third-order valence-electron chi connectivity index (χ3n) is 4.75. The van der Waals surface area contributed by atoms with Crippen LogP contribution in [0.25, 0.3) is 33.8 Å². The van der Waals surface area contributed by atoms with Crippen molar-refractivity contribution in [1.82, 2.24) is 9.97 Å². The van der Waals surface area contributed by atoms with Gasteiger partial charge in [-0.1, -0.05) is 59.2 Å². The number of aromatic amines is 1. The zero-order valence-electron chi connectivity index (χ0n) is 15.6. The summed E-state index contributed by atoms with van der Waals surface area (Å²) in [5.41, 5.74) is 9.32. The monoisotopic (exact) mass is 530 g/mol. The van der Waals surface area contributed by atoms with E-state index in [4.69, 9.17) is 0 Å². The molecule has 2 nitrogen and oxygen atoms in total. The summed E-state index contributed by atoms with van der Waals surface area (Å²) in [5, 5.41) is 0. The number of hydrogen-bond acceptors (Lipinski definition) is 1. The second-order valence-electron chi connectivity index (χ2n) is 6.74. The third kappa shape index (κ3) is 3.80. The maximum atomic E-state index is 4.67. The zero-order chi connectivity index (χ0) is 18.1. The fourth-order valence-corrected chi connectivity index (χ4v) is 3.50. The van der Waals surface area contributed by atoms with E-state index in [1.807, 2.05) is 18.3 Å². The van der Waals surface area contributed by atoms with E-state index in [1.54, 1.807) is 0 Å². The number of rotatable bonds is 3. The maximum absolute atomic E-state index is 4.67. The molecule has 4 aromatic rings. The van der Waals surface area contributed by atoms with Crippen LogP contribution in [0, 0.1) is 26.8 Å². The van der Waals surface area contributed by atoms with Gasteiger partial charge < -0.3 is 4.98 Å². The smallest absolute Gasteiger partial charge is 0.0568 e. The molecular formula is C24H21IrN2-. The van der Waals surface area contributed by atoms with Crippen molar-refractivity contribution in [3.05, 3.63) is 89.6 Å². The van der Waals surface area contributed by atoms with Crippen LogP contribution in [0.15, 0.2) is 66.9 Å². The first-order chi connectivity index (χ1) is 12.6. The molecule has 4 rings (SSSR count). The molecule has 1 aromatic heterocycles. The number of aryl methyl sites for hydroxylation is 3. The molecule has 0 bridgehead atoms. The summed E-state index contributed by atoms with van der Waals surface area (Å²) in [6.45, 7) is 6.38. The van der Waals surface area contributed by atoms with Gasteiger partial charge in [0.15, 0.2) is 0 Å². The predicted octanol–water partition coefficient (Wildman–Crippen LogP) is 6.13. The van der Waals surface area contributed by atoms with Gasteiger partial charge in [0.2, 0.25) is 0 Å². The SMILES string of the molecule is Cc1cccc(-c2ccc[c-]c2-c2ncc(-c3c(C)cccc3C)[nH]2)c1.[Ir]. The number of hydrogen-bond donors (Lipinski definition) is 1. The molecule has 1 heterocycles. The fraction of sp³-hybridized carbons (Fsp3) is 0.125. The quantitative estimate of drug-likeness (QED) is 0.318. The molecule has 137 valence electrons. The van der Waals surface area contributed by atoms with Gasteiger partial charge in [-0.2, -0.15) is 0 Å². The summed E-state index contributed by atoms with van der Waals surface area (Å²) in [7, 11) is 0. The average molecular weight is 530 g/mol. The Labute approximate surface area is 174 Å². The number of benzene rings is 3. The van der Waals surface area contributed by atoms with Crippen LogP contribution in [-0.4, -0.2) is 9.97 Å². The Hall–Kier alpha value is -2.48. The van der Waals surface area contributed by atoms with Crippen LogP contribution in [-0.2, 0) is 20.1 Å². The second kappa shape index (κ2) is 8.04. The molecule has 0 aliphatic heterocycles. The zero-order valence-corrected chi connectivity index (χ0v) is 18.0. The van der Waals surface area contributed by atoms with Gasteiger partial charge in [0.05, 0.1) is 11.5 Å². The first-order valence-corrected chi connectivity index (χ1v) is 8.83. The van der Waals surface area contributed by atoms with Crippen LogP contribution in [0.3, 0.4) is 0 Å². The fourth-order valence-electron chi connectivity index (χ4n) is 3.50. The number of nitrogens with zero attached hydrogens (tertiary/aromatic N) is 1. The van der Waals surface area contributed by atoms with Crippen molar-refractivity contribution in [3.63, 3.8) is 0 Å². The first-order valence-electron chi connectivity index (χ1n) is 8.83. The van der Waals surface area contributed by atoms with Gasteiger partial charge in [-0.15, -0.1) is 29.8 Å². The van der Waals surface area contributed by atoms with Gasteiger partial charge in [-0.05, 0) is 31.9 Å². The van der Waals surface area contributed by atoms with Crippen molar-refractivity contribution in [3.8, 4) is 33.8 Å². The molecule has 0 aliphatic carbocycles. The van der Waals surface area contributed by atoms with Gasteiger partial charge >= 0.3 is 0 Å². The van der Waals surface area contributed by atoms with Crippen molar-refractivity contribution >= 4 is 0 Å². The van der Waals surface area contributed by atoms with Crippen LogP contribution < -0.4 is 0 Å². The van der Waals surface area contributed by atoms with Crippen LogP contribution in [0.1, 0.15) is 16.7 Å². The molecule has 0 saturated carbocycles. The van der Waals surface area contributed by atoms with E-state index in [9.17, 15) is 0 Å². The van der Waals surface area contributed by atoms with E-state index in [-0.39, 0.29) is 20.1 Å². The van der Waals surface area contributed by atoms with Gasteiger partial charge in [0.1, 0.15) is 0 Å². The van der Waals surface area contributed by atoms with Crippen LogP contribution >= 0.6 is 0 Å². The molecule has 0 atom stereocenters. The van der Waals surface area contributed by atoms with Crippen molar-refractivity contribution in [2.45, 2.75) is 20.8 Å². The first kappa shape index (κ1) is 19.3. The van der Waals surface area contributed by atoms with Crippen LogP contribution in [0.2, 0.25) is 0 Å². The standard InChI is InChI=1S/C24H21N2.Ir/c1-16-8-6-11-19(14-16)20-12-4-5-13-21(20)24-25-15-22(26-24)23-17(2)9-7-10-18(23)3;/h4-12,14-15H,1-3H3,(H,25,26);/q-1;. The molecule has 3 heteroatoms. The van der Waals surface area contributed by atoms with Crippen molar-refractivity contribution in [1.29, 1.82) is 0 Å². The van der Waals surface area contributed by atoms with E-state index in [0.717, 1.165) is 22.6 Å². The van der Waals surface area contributed by atoms with Crippen LogP contribution in [0.4, 0.5) is 0 Å². The molecule has 3 aromatic carbocycles. The molecule has 27 heavy (non-hydrogen) atoms. The number of aromatic nitrogens is 2. The minimum absolute atomic E-state index is 0. The summed E-state index contributed by atoms with van der Waals surface area (Å²) in [5.74, 6) is 0.847. The Kier molecular flexibility index (Phi) is 5.74. The largest absolute Gasteiger partial charge is 0.378 e. The normalized spacial score (nSPS) is 10.5. The van der Waals surface area contributed by atoms with Crippen molar-refractivity contribution in [2.75, 3.05) is 0 Å². The second-order valence-corrected chi connectivity index (χ2v) is 6.74. The molecule has 0 aliphatic rings. The van der Waals surface area contributed by atoms with Gasteiger partial charge in [-0.25, -0.2) is 0 Å². The van der Waals surface area contributed by atoms with Crippen molar-refractivity contribution < 1.29 is 20.1 Å². The van der Waals surface area contributed by atoms with E-state index in [0.29, 0.717) is 0 Å². The molecule has 0 amide bonds. The molecule has 0 spiro atoms. The summed E-state index contributed by atoms with van der Waals surface area (Å²) < 4.78 is 0. The Morgan fingerprint density at radius 2 is 1.63 bits per heavy atom. The average Bonchev–Trinajstić information content (AvgIpc) is 3.11. The van der Waals surface area contributed by atoms with E-state index in [2.05, 4.69) is 85.3 Å². The predicted molar refractivity (Wildman–Crippen MR) is 108 cm³/mol. The third-order valence-corrected chi connectivity index (χ3v) is 4.75. The molecule has 0 unspecified atom stereocenters. The van der Waals surface area contributed by atoms with Crippen molar-refractivity contribution in [2.24, 2.45) is 0 Å².